The fraction of sp³-hybridized carbons (Fsp3) is 0.188. The van der Waals surface area contributed by atoms with Crippen molar-refractivity contribution >= 4 is 15.6 Å². The summed E-state index contributed by atoms with van der Waals surface area (Å²) in [7, 11) is -3.28. The molecular weight excluding hydrogens is 288 g/mol. The molecule has 2 rings (SSSR count). The van der Waals surface area contributed by atoms with Crippen molar-refractivity contribution in [3.63, 3.8) is 0 Å². The molecule has 0 radical (unpaired) electrons. The third kappa shape index (κ3) is 4.72. The van der Waals surface area contributed by atoms with Crippen molar-refractivity contribution in [2.24, 2.45) is 0 Å². The summed E-state index contributed by atoms with van der Waals surface area (Å²) >= 11 is 0. The summed E-state index contributed by atoms with van der Waals surface area (Å²) in [6, 6.07) is 15.5. The van der Waals surface area contributed by atoms with E-state index in [9.17, 15) is 13.2 Å². The number of hydrogen-bond acceptors (Lipinski definition) is 4. The number of ketones is 1. The Morgan fingerprint density at radius 1 is 1.05 bits per heavy atom. The highest BCUT2D eigenvalue weighted by Gasteiger charge is 2.09. The lowest BCUT2D eigenvalue weighted by Gasteiger charge is -2.07. The lowest BCUT2D eigenvalue weighted by atomic mass is 10.1. The molecule has 0 fully saturated rings. The van der Waals surface area contributed by atoms with Crippen LogP contribution in [0.5, 0.6) is 5.75 Å². The number of carbonyl (C=O) groups is 1. The van der Waals surface area contributed by atoms with E-state index in [1.54, 1.807) is 12.1 Å². The van der Waals surface area contributed by atoms with E-state index < -0.39 is 9.84 Å². The Labute approximate surface area is 124 Å². The molecule has 0 heterocycles. The molecule has 0 atom stereocenters. The highest BCUT2D eigenvalue weighted by Crippen LogP contribution is 2.17. The fourth-order valence-electron chi connectivity index (χ4n) is 1.83. The van der Waals surface area contributed by atoms with Gasteiger partial charge >= 0.3 is 0 Å². The van der Waals surface area contributed by atoms with Gasteiger partial charge in [-0.1, -0.05) is 36.4 Å². The molecule has 110 valence electrons. The molecule has 0 spiro atoms. The normalized spacial score (nSPS) is 11.1. The third-order valence-electron chi connectivity index (χ3n) is 2.88. The maximum absolute atomic E-state index is 11.8. The maximum atomic E-state index is 11.8. The smallest absolute Gasteiger partial charge is 0.175 e. The van der Waals surface area contributed by atoms with Gasteiger partial charge in [-0.05, 0) is 23.8 Å². The van der Waals surface area contributed by atoms with E-state index in [1.807, 2.05) is 30.3 Å². The highest BCUT2D eigenvalue weighted by molar-refractivity contribution is 7.90. The maximum Gasteiger partial charge on any atom is 0.175 e. The van der Waals surface area contributed by atoms with E-state index in [1.165, 1.54) is 12.1 Å². The molecular formula is C16H16O4S. The quantitative estimate of drug-likeness (QED) is 0.821. The molecule has 0 saturated carbocycles. The summed E-state index contributed by atoms with van der Waals surface area (Å²) in [5, 5.41) is 0. The molecule has 5 heteroatoms. The molecule has 0 amide bonds. The zero-order chi connectivity index (χ0) is 15.3. The minimum Gasteiger partial charge on any atom is -0.486 e. The number of ether oxygens (including phenoxy) is 1. The van der Waals surface area contributed by atoms with Gasteiger partial charge in [0, 0.05) is 12.7 Å². The average Bonchev–Trinajstić information content (AvgIpc) is 2.46. The van der Waals surface area contributed by atoms with Crippen LogP contribution in [-0.4, -0.2) is 27.1 Å². The number of rotatable bonds is 6. The van der Waals surface area contributed by atoms with E-state index in [-0.39, 0.29) is 17.3 Å². The first-order chi connectivity index (χ1) is 9.95. The van der Waals surface area contributed by atoms with E-state index in [0.717, 1.165) is 11.8 Å². The van der Waals surface area contributed by atoms with Gasteiger partial charge in [-0.15, -0.1) is 0 Å². The van der Waals surface area contributed by atoms with Gasteiger partial charge in [-0.3, -0.25) is 4.79 Å². The summed E-state index contributed by atoms with van der Waals surface area (Å²) in [6.45, 7) is -0.0812. The van der Waals surface area contributed by atoms with Gasteiger partial charge < -0.3 is 4.74 Å². The molecule has 0 unspecified atom stereocenters. The van der Waals surface area contributed by atoms with E-state index in [0.29, 0.717) is 12.2 Å². The van der Waals surface area contributed by atoms with Crippen LogP contribution in [0.1, 0.15) is 5.56 Å². The van der Waals surface area contributed by atoms with Gasteiger partial charge in [0.25, 0.3) is 0 Å². The molecule has 2 aromatic rings. The van der Waals surface area contributed by atoms with Crippen molar-refractivity contribution < 1.29 is 17.9 Å². The molecule has 0 saturated heterocycles. The van der Waals surface area contributed by atoms with E-state index >= 15 is 0 Å². The monoisotopic (exact) mass is 304 g/mol. The second-order valence-corrected chi connectivity index (χ2v) is 6.75. The van der Waals surface area contributed by atoms with Crippen LogP contribution in [0.4, 0.5) is 0 Å². The molecule has 21 heavy (non-hydrogen) atoms. The largest absolute Gasteiger partial charge is 0.486 e. The van der Waals surface area contributed by atoms with Crippen LogP contribution in [0, 0.1) is 0 Å². The first-order valence-electron chi connectivity index (χ1n) is 6.44. The van der Waals surface area contributed by atoms with Gasteiger partial charge in [-0.2, -0.15) is 0 Å². The van der Waals surface area contributed by atoms with Crippen LogP contribution < -0.4 is 4.74 Å². The standard InChI is InChI=1S/C16H16O4S/c1-21(18,19)16-9-5-8-15(11-16)20-12-14(17)10-13-6-3-2-4-7-13/h2-9,11H,10,12H2,1H3. The number of hydrogen-bond donors (Lipinski definition) is 0. The summed E-state index contributed by atoms with van der Waals surface area (Å²) in [5.74, 6) is 0.310. The van der Waals surface area contributed by atoms with Crippen molar-refractivity contribution in [2.75, 3.05) is 12.9 Å². The molecule has 0 aliphatic rings. The predicted octanol–water partition coefficient (Wildman–Crippen LogP) is 2.28. The van der Waals surface area contributed by atoms with Gasteiger partial charge in [-0.25, -0.2) is 8.42 Å². The Kier molecular flexibility index (Phi) is 4.75. The second kappa shape index (κ2) is 6.54. The lowest BCUT2D eigenvalue weighted by molar-refractivity contribution is -0.120. The Morgan fingerprint density at radius 2 is 1.76 bits per heavy atom. The Balaban J connectivity index is 1.96. The van der Waals surface area contributed by atoms with Crippen molar-refractivity contribution in [1.29, 1.82) is 0 Å². The number of sulfone groups is 1. The molecule has 4 nitrogen and oxygen atoms in total. The Hall–Kier alpha value is -2.14. The van der Waals surface area contributed by atoms with E-state index in [4.69, 9.17) is 4.74 Å². The third-order valence-corrected chi connectivity index (χ3v) is 3.99. The van der Waals surface area contributed by atoms with Gasteiger partial charge in [0.1, 0.15) is 12.4 Å². The van der Waals surface area contributed by atoms with Crippen LogP contribution in [0.25, 0.3) is 0 Å². The van der Waals surface area contributed by atoms with Crippen molar-refractivity contribution in [2.45, 2.75) is 11.3 Å². The molecule has 0 aromatic heterocycles. The first kappa shape index (κ1) is 15.3. The number of benzene rings is 2. The molecule has 0 aliphatic carbocycles. The van der Waals surface area contributed by atoms with Crippen LogP contribution in [0.15, 0.2) is 59.5 Å². The minimum absolute atomic E-state index is 0.0639. The summed E-state index contributed by atoms with van der Waals surface area (Å²) in [6.07, 6.45) is 1.43. The first-order valence-corrected chi connectivity index (χ1v) is 8.33. The van der Waals surface area contributed by atoms with Crippen LogP contribution in [0.3, 0.4) is 0 Å². The van der Waals surface area contributed by atoms with Crippen LogP contribution >= 0.6 is 0 Å². The SMILES string of the molecule is CS(=O)(=O)c1cccc(OCC(=O)Cc2ccccc2)c1. The molecule has 0 bridgehead atoms. The summed E-state index contributed by atoms with van der Waals surface area (Å²) < 4.78 is 28.2. The summed E-state index contributed by atoms with van der Waals surface area (Å²) in [4.78, 5) is 12.0. The molecule has 2 aromatic carbocycles. The minimum atomic E-state index is -3.28. The van der Waals surface area contributed by atoms with Gasteiger partial charge in [0.05, 0.1) is 4.90 Å². The van der Waals surface area contributed by atoms with E-state index in [2.05, 4.69) is 0 Å². The summed E-state index contributed by atoms with van der Waals surface area (Å²) in [5.41, 5.74) is 0.927. The number of Topliss-reactive ketones (excluding diaryl/α,β-unsaturated/α-hetero) is 1. The zero-order valence-electron chi connectivity index (χ0n) is 11.7. The number of carbonyl (C=O) groups excluding carboxylic acids is 1. The fourth-order valence-corrected chi connectivity index (χ4v) is 2.49. The van der Waals surface area contributed by atoms with Crippen LogP contribution in [-0.2, 0) is 21.1 Å². The predicted molar refractivity (Wildman–Crippen MR) is 80.2 cm³/mol. The molecule has 0 N–H and O–H groups in total. The Bertz CT molecular complexity index is 721. The van der Waals surface area contributed by atoms with Crippen molar-refractivity contribution in [3.05, 3.63) is 60.2 Å². The molecule has 0 aliphatic heterocycles. The van der Waals surface area contributed by atoms with Gasteiger partial charge in [0.15, 0.2) is 15.6 Å². The van der Waals surface area contributed by atoms with Crippen LogP contribution in [0.2, 0.25) is 0 Å². The lowest BCUT2D eigenvalue weighted by Crippen LogP contribution is -2.14. The average molecular weight is 304 g/mol. The highest BCUT2D eigenvalue weighted by atomic mass is 32.2. The van der Waals surface area contributed by atoms with Gasteiger partial charge in [0.2, 0.25) is 0 Å². The second-order valence-electron chi connectivity index (χ2n) is 4.74. The Morgan fingerprint density at radius 3 is 2.43 bits per heavy atom. The zero-order valence-corrected chi connectivity index (χ0v) is 12.5. The van der Waals surface area contributed by atoms with Crippen molar-refractivity contribution in [1.82, 2.24) is 0 Å². The van der Waals surface area contributed by atoms with Crippen molar-refractivity contribution in [3.8, 4) is 5.75 Å². The topological polar surface area (TPSA) is 60.4 Å².